The van der Waals surface area contributed by atoms with Crippen molar-refractivity contribution in [1.82, 2.24) is 5.32 Å². The molecule has 0 saturated heterocycles. The summed E-state index contributed by atoms with van der Waals surface area (Å²) in [6, 6.07) is 8.31. The molecule has 0 amide bonds. The van der Waals surface area contributed by atoms with Gasteiger partial charge in [-0.1, -0.05) is 25.1 Å². The van der Waals surface area contributed by atoms with E-state index < -0.39 is 6.10 Å². The quantitative estimate of drug-likeness (QED) is 0.673. The molecule has 0 radical (unpaired) electrons. The Bertz CT molecular complexity index is 379. The maximum atomic E-state index is 9.84. The molecule has 2 atom stereocenters. The van der Waals surface area contributed by atoms with Crippen LogP contribution < -0.4 is 10.1 Å². The van der Waals surface area contributed by atoms with Gasteiger partial charge in [0.2, 0.25) is 0 Å². The van der Waals surface area contributed by atoms with Gasteiger partial charge in [0.15, 0.2) is 0 Å². The number of rotatable bonds is 9. The van der Waals surface area contributed by atoms with E-state index in [-0.39, 0.29) is 0 Å². The number of ether oxygens (including phenoxy) is 1. The molecule has 0 aliphatic carbocycles. The van der Waals surface area contributed by atoms with E-state index in [1.165, 1.54) is 5.56 Å². The fourth-order valence-corrected chi connectivity index (χ4v) is 1.78. The van der Waals surface area contributed by atoms with Crippen LogP contribution in [0.2, 0.25) is 0 Å². The highest BCUT2D eigenvalue weighted by Crippen LogP contribution is 2.13. The zero-order valence-electron chi connectivity index (χ0n) is 11.9. The summed E-state index contributed by atoms with van der Waals surface area (Å²) in [5.41, 5.74) is 1.24. The Kier molecular flexibility index (Phi) is 7.23. The van der Waals surface area contributed by atoms with Crippen molar-refractivity contribution >= 4 is 0 Å². The summed E-state index contributed by atoms with van der Waals surface area (Å²) in [5, 5.41) is 13.1. The van der Waals surface area contributed by atoms with Crippen LogP contribution in [0.5, 0.6) is 5.75 Å². The second-order valence-electron chi connectivity index (χ2n) is 4.80. The van der Waals surface area contributed by atoms with Gasteiger partial charge in [-0.2, -0.15) is 0 Å². The van der Waals surface area contributed by atoms with Gasteiger partial charge in [0.25, 0.3) is 0 Å². The van der Waals surface area contributed by atoms with Crippen LogP contribution in [0.15, 0.2) is 36.9 Å². The third kappa shape index (κ3) is 6.41. The summed E-state index contributed by atoms with van der Waals surface area (Å²) in [7, 11) is 0. The van der Waals surface area contributed by atoms with Crippen LogP contribution in [0.25, 0.3) is 0 Å². The number of aliphatic hydroxyl groups excluding tert-OH is 1. The molecule has 3 heteroatoms. The minimum Gasteiger partial charge on any atom is -0.491 e. The maximum Gasteiger partial charge on any atom is 0.119 e. The van der Waals surface area contributed by atoms with E-state index in [1.807, 2.05) is 24.3 Å². The van der Waals surface area contributed by atoms with E-state index in [1.54, 1.807) is 0 Å². The van der Waals surface area contributed by atoms with Gasteiger partial charge in [-0.25, -0.2) is 0 Å². The van der Waals surface area contributed by atoms with Crippen LogP contribution >= 0.6 is 0 Å². The van der Waals surface area contributed by atoms with Crippen LogP contribution in [0.1, 0.15) is 25.8 Å². The lowest BCUT2D eigenvalue weighted by Gasteiger charge is -2.16. The monoisotopic (exact) mass is 263 g/mol. The molecule has 19 heavy (non-hydrogen) atoms. The summed E-state index contributed by atoms with van der Waals surface area (Å²) in [5.74, 6) is 0.817. The first-order chi connectivity index (χ1) is 9.15. The molecule has 2 unspecified atom stereocenters. The highest BCUT2D eigenvalue weighted by Gasteiger charge is 2.07. The molecule has 0 fully saturated rings. The Balaban J connectivity index is 2.29. The molecule has 0 bridgehead atoms. The van der Waals surface area contributed by atoms with E-state index in [2.05, 4.69) is 31.8 Å². The van der Waals surface area contributed by atoms with Gasteiger partial charge in [0.1, 0.15) is 18.5 Å². The summed E-state index contributed by atoms with van der Waals surface area (Å²) >= 11 is 0. The Morgan fingerprint density at radius 3 is 2.95 bits per heavy atom. The van der Waals surface area contributed by atoms with Crippen LogP contribution in [-0.4, -0.2) is 30.4 Å². The first-order valence-corrected chi connectivity index (χ1v) is 6.89. The first-order valence-electron chi connectivity index (χ1n) is 6.89. The lowest BCUT2D eigenvalue weighted by atomic mass is 10.2. The molecule has 0 aromatic heterocycles. The lowest BCUT2D eigenvalue weighted by Crippen LogP contribution is -2.36. The van der Waals surface area contributed by atoms with E-state index in [9.17, 15) is 5.11 Å². The largest absolute Gasteiger partial charge is 0.491 e. The highest BCUT2D eigenvalue weighted by molar-refractivity contribution is 5.28. The normalized spacial score (nSPS) is 13.8. The molecule has 0 aliphatic rings. The van der Waals surface area contributed by atoms with Crippen LogP contribution in [0.4, 0.5) is 0 Å². The number of benzene rings is 1. The van der Waals surface area contributed by atoms with Crippen molar-refractivity contribution in [1.29, 1.82) is 0 Å². The van der Waals surface area contributed by atoms with Crippen LogP contribution in [0, 0.1) is 0 Å². The number of hydrogen-bond donors (Lipinski definition) is 2. The van der Waals surface area contributed by atoms with Crippen molar-refractivity contribution in [3.63, 3.8) is 0 Å². The number of aliphatic hydroxyl groups is 1. The third-order valence-corrected chi connectivity index (χ3v) is 2.97. The second kappa shape index (κ2) is 8.73. The van der Waals surface area contributed by atoms with Crippen molar-refractivity contribution < 1.29 is 9.84 Å². The van der Waals surface area contributed by atoms with E-state index in [0.29, 0.717) is 19.2 Å². The molecule has 0 saturated carbocycles. The topological polar surface area (TPSA) is 41.5 Å². The SMILES string of the molecule is C=CCC(C)NCC(O)COc1cccc(CC)c1. The second-order valence-corrected chi connectivity index (χ2v) is 4.80. The summed E-state index contributed by atoms with van der Waals surface area (Å²) in [6.07, 6.45) is 3.25. The van der Waals surface area contributed by atoms with Crippen molar-refractivity contribution in [3.8, 4) is 5.75 Å². The van der Waals surface area contributed by atoms with E-state index >= 15 is 0 Å². The molecule has 0 aliphatic heterocycles. The highest BCUT2D eigenvalue weighted by atomic mass is 16.5. The molecule has 106 valence electrons. The zero-order chi connectivity index (χ0) is 14.1. The van der Waals surface area contributed by atoms with Crippen molar-refractivity contribution in [2.45, 2.75) is 38.8 Å². The van der Waals surface area contributed by atoms with E-state index in [0.717, 1.165) is 18.6 Å². The number of aryl methyl sites for hydroxylation is 1. The molecule has 3 nitrogen and oxygen atoms in total. The van der Waals surface area contributed by atoms with Crippen molar-refractivity contribution in [2.24, 2.45) is 0 Å². The first kappa shape index (κ1) is 15.7. The Morgan fingerprint density at radius 1 is 1.47 bits per heavy atom. The predicted molar refractivity (Wildman–Crippen MR) is 79.6 cm³/mol. The molecular formula is C16H25NO2. The maximum absolute atomic E-state index is 9.84. The molecule has 1 aromatic rings. The minimum atomic E-state index is -0.502. The average Bonchev–Trinajstić information content (AvgIpc) is 2.43. The van der Waals surface area contributed by atoms with Gasteiger partial charge in [-0.05, 0) is 37.5 Å². The Labute approximate surface area is 116 Å². The number of nitrogens with one attached hydrogen (secondary N) is 1. The van der Waals surface area contributed by atoms with Gasteiger partial charge >= 0.3 is 0 Å². The third-order valence-electron chi connectivity index (χ3n) is 2.97. The van der Waals surface area contributed by atoms with Gasteiger partial charge in [0, 0.05) is 12.6 Å². The van der Waals surface area contributed by atoms with Crippen LogP contribution in [-0.2, 0) is 6.42 Å². The lowest BCUT2D eigenvalue weighted by molar-refractivity contribution is 0.104. The predicted octanol–water partition coefficient (Wildman–Crippen LogP) is 2.54. The van der Waals surface area contributed by atoms with Gasteiger partial charge in [-0.15, -0.1) is 6.58 Å². The molecular weight excluding hydrogens is 238 g/mol. The minimum absolute atomic E-state index is 0.307. The Hall–Kier alpha value is -1.32. The summed E-state index contributed by atoms with van der Waals surface area (Å²) < 4.78 is 5.59. The summed E-state index contributed by atoms with van der Waals surface area (Å²) in [6.45, 7) is 8.71. The standard InChI is InChI=1S/C16H25NO2/c1-4-7-13(3)17-11-15(18)12-19-16-9-6-8-14(5-2)10-16/h4,6,8-10,13,15,17-18H,1,5,7,11-12H2,2-3H3. The Morgan fingerprint density at radius 2 is 2.26 bits per heavy atom. The van der Waals surface area contributed by atoms with Gasteiger partial charge < -0.3 is 15.2 Å². The van der Waals surface area contributed by atoms with Gasteiger partial charge in [-0.3, -0.25) is 0 Å². The van der Waals surface area contributed by atoms with Crippen molar-refractivity contribution in [3.05, 3.63) is 42.5 Å². The molecule has 0 spiro atoms. The van der Waals surface area contributed by atoms with Crippen molar-refractivity contribution in [2.75, 3.05) is 13.2 Å². The van der Waals surface area contributed by atoms with Gasteiger partial charge in [0.05, 0.1) is 0 Å². The fraction of sp³-hybridized carbons (Fsp3) is 0.500. The van der Waals surface area contributed by atoms with Crippen LogP contribution in [0.3, 0.4) is 0 Å². The fourth-order valence-electron chi connectivity index (χ4n) is 1.78. The number of hydrogen-bond acceptors (Lipinski definition) is 3. The molecule has 1 aromatic carbocycles. The molecule has 0 heterocycles. The average molecular weight is 263 g/mol. The smallest absolute Gasteiger partial charge is 0.119 e. The molecule has 2 N–H and O–H groups in total. The molecule has 1 rings (SSSR count). The summed E-state index contributed by atoms with van der Waals surface area (Å²) in [4.78, 5) is 0. The zero-order valence-corrected chi connectivity index (χ0v) is 11.9. The van der Waals surface area contributed by atoms with E-state index in [4.69, 9.17) is 4.74 Å².